The smallest absolute Gasteiger partial charge is 0.224 e. The highest BCUT2D eigenvalue weighted by molar-refractivity contribution is 9.10. The largest absolute Gasteiger partial charge is 0.355 e. The van der Waals surface area contributed by atoms with E-state index in [1.54, 1.807) is 0 Å². The summed E-state index contributed by atoms with van der Waals surface area (Å²) in [4.78, 5) is 11.9. The molecule has 106 valence electrons. The first kappa shape index (κ1) is 16.2. The Morgan fingerprint density at radius 2 is 2.16 bits per heavy atom. The molecule has 0 aromatic heterocycles. The van der Waals surface area contributed by atoms with Gasteiger partial charge in [0.05, 0.1) is 0 Å². The zero-order valence-corrected chi connectivity index (χ0v) is 13.5. The van der Waals surface area contributed by atoms with Crippen LogP contribution < -0.4 is 11.1 Å². The molecule has 4 heteroatoms. The molecule has 19 heavy (non-hydrogen) atoms. The highest BCUT2D eigenvalue weighted by atomic mass is 79.9. The van der Waals surface area contributed by atoms with Crippen LogP contribution in [0.3, 0.4) is 0 Å². The molecule has 0 spiro atoms. The second kappa shape index (κ2) is 7.06. The van der Waals surface area contributed by atoms with Gasteiger partial charge >= 0.3 is 0 Å². The number of nitrogens with one attached hydrogen (secondary N) is 1. The number of hydrogen-bond acceptors (Lipinski definition) is 2. The number of nitrogens with two attached hydrogens (primary N) is 1. The lowest BCUT2D eigenvalue weighted by atomic mass is 9.84. The number of rotatable bonds is 6. The van der Waals surface area contributed by atoms with Gasteiger partial charge in [0.25, 0.3) is 0 Å². The quantitative estimate of drug-likeness (QED) is 0.844. The van der Waals surface area contributed by atoms with E-state index >= 15 is 0 Å². The van der Waals surface area contributed by atoms with E-state index in [4.69, 9.17) is 5.73 Å². The SMILES string of the molecule is CCC(CN)C(=O)NCC(C)(C)c1cccc(Br)c1. The van der Waals surface area contributed by atoms with Gasteiger partial charge in [-0.05, 0) is 24.1 Å². The van der Waals surface area contributed by atoms with E-state index in [1.807, 2.05) is 19.1 Å². The summed E-state index contributed by atoms with van der Waals surface area (Å²) in [5.74, 6) is -0.0358. The van der Waals surface area contributed by atoms with E-state index in [0.29, 0.717) is 13.1 Å². The van der Waals surface area contributed by atoms with Gasteiger partial charge in [-0.25, -0.2) is 0 Å². The number of halogens is 1. The van der Waals surface area contributed by atoms with E-state index in [1.165, 1.54) is 5.56 Å². The molecule has 0 aliphatic rings. The van der Waals surface area contributed by atoms with Crippen molar-refractivity contribution in [1.29, 1.82) is 0 Å². The molecule has 0 saturated carbocycles. The molecule has 0 aliphatic carbocycles. The Hall–Kier alpha value is -0.870. The van der Waals surface area contributed by atoms with Crippen LogP contribution in [0.15, 0.2) is 28.7 Å². The predicted molar refractivity (Wildman–Crippen MR) is 83.0 cm³/mol. The Bertz CT molecular complexity index is 428. The van der Waals surface area contributed by atoms with Crippen molar-refractivity contribution in [2.24, 2.45) is 11.7 Å². The second-order valence-electron chi connectivity index (χ2n) is 5.45. The first-order valence-corrected chi connectivity index (χ1v) is 7.44. The summed E-state index contributed by atoms with van der Waals surface area (Å²) in [6.07, 6.45) is 0.777. The minimum absolute atomic E-state index is 0.0491. The maximum Gasteiger partial charge on any atom is 0.224 e. The van der Waals surface area contributed by atoms with Gasteiger partial charge < -0.3 is 11.1 Å². The maximum absolute atomic E-state index is 11.9. The molecule has 1 aromatic carbocycles. The molecule has 0 bridgehead atoms. The molecule has 0 fully saturated rings. The maximum atomic E-state index is 11.9. The van der Waals surface area contributed by atoms with E-state index < -0.39 is 0 Å². The summed E-state index contributed by atoms with van der Waals surface area (Å²) >= 11 is 3.48. The summed E-state index contributed by atoms with van der Waals surface area (Å²) in [5.41, 5.74) is 6.68. The Labute approximate surface area is 124 Å². The van der Waals surface area contributed by atoms with Crippen molar-refractivity contribution in [3.63, 3.8) is 0 Å². The summed E-state index contributed by atoms with van der Waals surface area (Å²) < 4.78 is 1.05. The van der Waals surface area contributed by atoms with Gasteiger partial charge in [0.1, 0.15) is 0 Å². The van der Waals surface area contributed by atoms with Crippen LogP contribution in [0.25, 0.3) is 0 Å². The van der Waals surface area contributed by atoms with Crippen molar-refractivity contribution >= 4 is 21.8 Å². The fourth-order valence-corrected chi connectivity index (χ4v) is 2.32. The minimum Gasteiger partial charge on any atom is -0.355 e. The Morgan fingerprint density at radius 1 is 1.47 bits per heavy atom. The molecule has 0 heterocycles. The van der Waals surface area contributed by atoms with Gasteiger partial charge in [0.15, 0.2) is 0 Å². The van der Waals surface area contributed by atoms with Gasteiger partial charge in [0.2, 0.25) is 5.91 Å². The van der Waals surface area contributed by atoms with Crippen LogP contribution >= 0.6 is 15.9 Å². The molecule has 1 rings (SSSR count). The standard InChI is InChI=1S/C15H23BrN2O/c1-4-11(9-17)14(19)18-10-15(2,3)12-6-5-7-13(16)8-12/h5-8,11H,4,9-10,17H2,1-3H3,(H,18,19). The van der Waals surface area contributed by atoms with Gasteiger partial charge in [-0.3, -0.25) is 4.79 Å². The number of carbonyl (C=O) groups is 1. The Kier molecular flexibility index (Phi) is 6.01. The third-order valence-corrected chi connectivity index (χ3v) is 3.95. The van der Waals surface area contributed by atoms with Crippen LogP contribution in [0.5, 0.6) is 0 Å². The Morgan fingerprint density at radius 3 is 2.68 bits per heavy atom. The first-order valence-electron chi connectivity index (χ1n) is 6.64. The number of carbonyl (C=O) groups excluding carboxylic acids is 1. The average Bonchev–Trinajstić information content (AvgIpc) is 2.38. The predicted octanol–water partition coefficient (Wildman–Crippen LogP) is 2.83. The minimum atomic E-state index is -0.105. The normalized spacial score (nSPS) is 13.1. The number of hydrogen-bond donors (Lipinski definition) is 2. The van der Waals surface area contributed by atoms with Crippen LogP contribution in [0.1, 0.15) is 32.8 Å². The molecule has 3 nitrogen and oxygen atoms in total. The third-order valence-electron chi connectivity index (χ3n) is 3.46. The first-order chi connectivity index (χ1) is 8.90. The zero-order valence-electron chi connectivity index (χ0n) is 11.9. The van der Waals surface area contributed by atoms with Crippen molar-refractivity contribution in [3.8, 4) is 0 Å². The van der Waals surface area contributed by atoms with Gasteiger partial charge in [0, 0.05) is 28.9 Å². The fraction of sp³-hybridized carbons (Fsp3) is 0.533. The molecule has 0 radical (unpaired) electrons. The van der Waals surface area contributed by atoms with E-state index in [2.05, 4.69) is 47.2 Å². The zero-order chi connectivity index (χ0) is 14.5. The third kappa shape index (κ3) is 4.62. The van der Waals surface area contributed by atoms with Crippen LogP contribution in [0.4, 0.5) is 0 Å². The van der Waals surface area contributed by atoms with Crippen LogP contribution in [-0.4, -0.2) is 19.0 Å². The number of benzene rings is 1. The van der Waals surface area contributed by atoms with Crippen LogP contribution in [0.2, 0.25) is 0 Å². The van der Waals surface area contributed by atoms with E-state index in [-0.39, 0.29) is 17.2 Å². The van der Waals surface area contributed by atoms with Crippen molar-refractivity contribution in [1.82, 2.24) is 5.32 Å². The fourth-order valence-electron chi connectivity index (χ4n) is 1.92. The van der Waals surface area contributed by atoms with Crippen molar-refractivity contribution < 1.29 is 4.79 Å². The lowest BCUT2D eigenvalue weighted by Crippen LogP contribution is -2.41. The lowest BCUT2D eigenvalue weighted by molar-refractivity contribution is -0.125. The molecule has 1 aromatic rings. The number of amides is 1. The molecular formula is C15H23BrN2O. The molecule has 1 unspecified atom stereocenters. The van der Waals surface area contributed by atoms with Gasteiger partial charge in [-0.2, -0.15) is 0 Å². The molecule has 0 aliphatic heterocycles. The molecule has 3 N–H and O–H groups in total. The van der Waals surface area contributed by atoms with Crippen LogP contribution in [0, 0.1) is 5.92 Å². The van der Waals surface area contributed by atoms with Crippen LogP contribution in [-0.2, 0) is 10.2 Å². The second-order valence-corrected chi connectivity index (χ2v) is 6.37. The summed E-state index contributed by atoms with van der Waals surface area (Å²) in [5, 5.41) is 3.01. The van der Waals surface area contributed by atoms with E-state index in [9.17, 15) is 4.79 Å². The summed E-state index contributed by atoms with van der Waals surface area (Å²) in [7, 11) is 0. The van der Waals surface area contributed by atoms with E-state index in [0.717, 1.165) is 10.9 Å². The van der Waals surface area contributed by atoms with Gasteiger partial charge in [-0.15, -0.1) is 0 Å². The molecule has 1 atom stereocenters. The van der Waals surface area contributed by atoms with Gasteiger partial charge in [-0.1, -0.05) is 48.8 Å². The average molecular weight is 327 g/mol. The van der Waals surface area contributed by atoms with Crippen molar-refractivity contribution in [2.45, 2.75) is 32.6 Å². The Balaban J connectivity index is 2.67. The van der Waals surface area contributed by atoms with Crippen molar-refractivity contribution in [3.05, 3.63) is 34.3 Å². The monoisotopic (exact) mass is 326 g/mol. The molecule has 1 amide bonds. The van der Waals surface area contributed by atoms with Crippen molar-refractivity contribution in [2.75, 3.05) is 13.1 Å². The molecule has 0 saturated heterocycles. The molecular weight excluding hydrogens is 304 g/mol. The highest BCUT2D eigenvalue weighted by Crippen LogP contribution is 2.25. The highest BCUT2D eigenvalue weighted by Gasteiger charge is 2.23. The summed E-state index contributed by atoms with van der Waals surface area (Å²) in [6.45, 7) is 7.24. The lowest BCUT2D eigenvalue weighted by Gasteiger charge is -2.27. The summed E-state index contributed by atoms with van der Waals surface area (Å²) in [6, 6.07) is 8.18. The topological polar surface area (TPSA) is 55.1 Å².